The number of aliphatic hydroxyl groups is 1. The molecule has 3 amide bonds. The van der Waals surface area contributed by atoms with Gasteiger partial charge in [-0.2, -0.15) is 0 Å². The molecule has 2 aromatic rings. The van der Waals surface area contributed by atoms with Crippen LogP contribution in [0.3, 0.4) is 0 Å². The number of carbonyl (C=O) groups excluding carboxylic acids is 2. The van der Waals surface area contributed by atoms with E-state index in [0.717, 1.165) is 5.56 Å². The van der Waals surface area contributed by atoms with Crippen molar-refractivity contribution in [1.82, 2.24) is 10.6 Å². The smallest absolute Gasteiger partial charge is 0.312 e. The summed E-state index contributed by atoms with van der Waals surface area (Å²) in [5.74, 6) is 0.0666. The van der Waals surface area contributed by atoms with Gasteiger partial charge in [0, 0.05) is 12.1 Å². The van der Waals surface area contributed by atoms with E-state index in [1.807, 2.05) is 0 Å². The maximum Gasteiger partial charge on any atom is 0.312 e. The molecule has 0 aliphatic rings. The minimum absolute atomic E-state index is 0.0182. The molecular weight excluding hydrogens is 298 g/mol. The summed E-state index contributed by atoms with van der Waals surface area (Å²) in [6.07, 6.45) is 1.46. The Hall–Kier alpha value is -2.80. The van der Waals surface area contributed by atoms with Crippen LogP contribution in [0.15, 0.2) is 47.1 Å². The normalized spacial score (nSPS) is 13.1. The molecule has 0 bridgehead atoms. The summed E-state index contributed by atoms with van der Waals surface area (Å²) in [6, 6.07) is 9.42. The third-order valence-corrected chi connectivity index (χ3v) is 3.33. The van der Waals surface area contributed by atoms with Crippen LogP contribution in [0.1, 0.15) is 28.6 Å². The lowest BCUT2D eigenvalue weighted by molar-refractivity contribution is 0.0330. The van der Waals surface area contributed by atoms with Crippen LogP contribution in [0.25, 0.3) is 0 Å². The molecule has 0 radical (unpaired) electrons. The minimum atomic E-state index is -1.29. The number of furan rings is 1. The van der Waals surface area contributed by atoms with Crippen LogP contribution in [-0.4, -0.2) is 23.6 Å². The first-order valence-electron chi connectivity index (χ1n) is 7.05. The van der Waals surface area contributed by atoms with E-state index in [0.29, 0.717) is 17.9 Å². The van der Waals surface area contributed by atoms with E-state index in [2.05, 4.69) is 10.6 Å². The number of hydrogen-bond donors (Lipinski definition) is 4. The summed E-state index contributed by atoms with van der Waals surface area (Å²) in [6.45, 7) is 1.87. The number of carbonyl (C=O) groups is 2. The minimum Gasteiger partial charge on any atom is -0.466 e. The summed E-state index contributed by atoms with van der Waals surface area (Å²) < 4.78 is 5.15. The molecule has 122 valence electrons. The van der Waals surface area contributed by atoms with Gasteiger partial charge >= 0.3 is 6.03 Å². The molecule has 0 fully saturated rings. The van der Waals surface area contributed by atoms with Crippen molar-refractivity contribution in [3.05, 3.63) is 59.5 Å². The SMILES string of the molecule is CC(O)(CNC(=O)c1ccc(CNC(N)=O)cc1)c1ccco1. The van der Waals surface area contributed by atoms with Crippen molar-refractivity contribution in [1.29, 1.82) is 0 Å². The number of hydrogen-bond acceptors (Lipinski definition) is 4. The molecule has 1 atom stereocenters. The Morgan fingerprint density at radius 3 is 2.48 bits per heavy atom. The molecule has 23 heavy (non-hydrogen) atoms. The van der Waals surface area contributed by atoms with Crippen molar-refractivity contribution in [2.75, 3.05) is 6.54 Å². The molecule has 1 heterocycles. The molecular formula is C16H19N3O4. The fourth-order valence-electron chi connectivity index (χ4n) is 1.99. The molecule has 7 nitrogen and oxygen atoms in total. The van der Waals surface area contributed by atoms with E-state index in [1.54, 1.807) is 43.3 Å². The van der Waals surface area contributed by atoms with Gasteiger partial charge in [-0.1, -0.05) is 12.1 Å². The van der Waals surface area contributed by atoms with Crippen LogP contribution in [0, 0.1) is 0 Å². The van der Waals surface area contributed by atoms with E-state index in [1.165, 1.54) is 6.26 Å². The second-order valence-corrected chi connectivity index (χ2v) is 5.35. The molecule has 0 saturated carbocycles. The third kappa shape index (κ3) is 4.58. The lowest BCUT2D eigenvalue weighted by Crippen LogP contribution is -2.38. The summed E-state index contributed by atoms with van der Waals surface area (Å²) >= 11 is 0. The number of amides is 3. The van der Waals surface area contributed by atoms with E-state index in [4.69, 9.17) is 10.2 Å². The maximum absolute atomic E-state index is 12.1. The lowest BCUT2D eigenvalue weighted by Gasteiger charge is -2.21. The van der Waals surface area contributed by atoms with Gasteiger partial charge in [0.2, 0.25) is 0 Å². The summed E-state index contributed by atoms with van der Waals surface area (Å²) in [5.41, 5.74) is 4.98. The number of urea groups is 1. The van der Waals surface area contributed by atoms with Gasteiger partial charge in [0.25, 0.3) is 5.91 Å². The molecule has 0 aliphatic carbocycles. The average molecular weight is 317 g/mol. The number of nitrogens with one attached hydrogen (secondary N) is 2. The summed E-state index contributed by atoms with van der Waals surface area (Å²) in [5, 5.41) is 15.4. The Bertz CT molecular complexity index is 663. The van der Waals surface area contributed by atoms with Crippen LogP contribution >= 0.6 is 0 Å². The van der Waals surface area contributed by atoms with Crippen molar-refractivity contribution >= 4 is 11.9 Å². The van der Waals surface area contributed by atoms with Crippen molar-refractivity contribution in [2.45, 2.75) is 19.1 Å². The first-order valence-corrected chi connectivity index (χ1v) is 7.05. The lowest BCUT2D eigenvalue weighted by atomic mass is 10.0. The molecule has 1 aromatic heterocycles. The van der Waals surface area contributed by atoms with E-state index < -0.39 is 11.6 Å². The Morgan fingerprint density at radius 1 is 1.22 bits per heavy atom. The zero-order valence-electron chi connectivity index (χ0n) is 12.7. The maximum atomic E-state index is 12.1. The average Bonchev–Trinajstić information content (AvgIpc) is 3.06. The highest BCUT2D eigenvalue weighted by molar-refractivity contribution is 5.94. The first kappa shape index (κ1) is 16.6. The predicted octanol–water partition coefficient (Wildman–Crippen LogP) is 1.09. The standard InChI is InChI=1S/C16H19N3O4/c1-16(22,13-3-2-8-23-13)10-19-14(20)12-6-4-11(5-7-12)9-18-15(17)21/h2-8,22H,9-10H2,1H3,(H,19,20)(H3,17,18,21). The van der Waals surface area contributed by atoms with Crippen LogP contribution < -0.4 is 16.4 Å². The fraction of sp³-hybridized carbons (Fsp3) is 0.250. The quantitative estimate of drug-likeness (QED) is 0.637. The molecule has 7 heteroatoms. The van der Waals surface area contributed by atoms with E-state index in [-0.39, 0.29) is 12.5 Å². The third-order valence-electron chi connectivity index (χ3n) is 3.33. The molecule has 0 spiro atoms. The highest BCUT2D eigenvalue weighted by Crippen LogP contribution is 2.19. The largest absolute Gasteiger partial charge is 0.466 e. The zero-order chi connectivity index (χ0) is 16.9. The van der Waals surface area contributed by atoms with Gasteiger partial charge in [-0.05, 0) is 36.8 Å². The van der Waals surface area contributed by atoms with Gasteiger partial charge < -0.3 is 25.9 Å². The van der Waals surface area contributed by atoms with Crippen LogP contribution in [0.4, 0.5) is 4.79 Å². The van der Waals surface area contributed by atoms with Gasteiger partial charge in [0.05, 0.1) is 12.8 Å². The summed E-state index contributed by atoms with van der Waals surface area (Å²) in [4.78, 5) is 22.7. The van der Waals surface area contributed by atoms with Crippen molar-refractivity contribution in [2.24, 2.45) is 5.73 Å². The predicted molar refractivity (Wildman–Crippen MR) is 83.5 cm³/mol. The van der Waals surface area contributed by atoms with Gasteiger partial charge in [0.15, 0.2) is 0 Å². The molecule has 0 aliphatic heterocycles. The fourth-order valence-corrected chi connectivity index (χ4v) is 1.99. The van der Waals surface area contributed by atoms with Gasteiger partial charge in [0.1, 0.15) is 11.4 Å². The Balaban J connectivity index is 1.92. The Morgan fingerprint density at radius 2 is 1.91 bits per heavy atom. The Kier molecular flexibility index (Phi) is 5.02. The molecule has 1 unspecified atom stereocenters. The number of primary amides is 1. The molecule has 1 aromatic carbocycles. The highest BCUT2D eigenvalue weighted by Gasteiger charge is 2.26. The molecule has 2 rings (SSSR count). The number of rotatable bonds is 6. The van der Waals surface area contributed by atoms with Crippen molar-refractivity contribution < 1.29 is 19.1 Å². The number of nitrogens with two attached hydrogens (primary N) is 1. The molecule has 5 N–H and O–H groups in total. The summed E-state index contributed by atoms with van der Waals surface area (Å²) in [7, 11) is 0. The molecule has 0 saturated heterocycles. The van der Waals surface area contributed by atoms with E-state index in [9.17, 15) is 14.7 Å². The van der Waals surface area contributed by atoms with Gasteiger partial charge in [-0.25, -0.2) is 4.79 Å². The zero-order valence-corrected chi connectivity index (χ0v) is 12.7. The second-order valence-electron chi connectivity index (χ2n) is 5.35. The van der Waals surface area contributed by atoms with Crippen LogP contribution in [0.5, 0.6) is 0 Å². The van der Waals surface area contributed by atoms with Gasteiger partial charge in [-0.3, -0.25) is 4.79 Å². The van der Waals surface area contributed by atoms with Crippen LogP contribution in [-0.2, 0) is 12.1 Å². The Labute approximate surface area is 133 Å². The van der Waals surface area contributed by atoms with E-state index >= 15 is 0 Å². The van der Waals surface area contributed by atoms with Crippen molar-refractivity contribution in [3.8, 4) is 0 Å². The van der Waals surface area contributed by atoms with Gasteiger partial charge in [-0.15, -0.1) is 0 Å². The second kappa shape index (κ2) is 6.97. The monoisotopic (exact) mass is 317 g/mol. The highest BCUT2D eigenvalue weighted by atomic mass is 16.4. The number of benzene rings is 1. The topological polar surface area (TPSA) is 118 Å². The van der Waals surface area contributed by atoms with Crippen molar-refractivity contribution in [3.63, 3.8) is 0 Å². The van der Waals surface area contributed by atoms with Crippen LogP contribution in [0.2, 0.25) is 0 Å². The first-order chi connectivity index (χ1) is 10.9.